The Kier molecular flexibility index (Phi) is 11.1. The van der Waals surface area contributed by atoms with Crippen molar-refractivity contribution in [1.29, 1.82) is 0 Å². The van der Waals surface area contributed by atoms with E-state index < -0.39 is 51.4 Å². The normalized spacial score (nSPS) is 40.0. The van der Waals surface area contributed by atoms with Crippen LogP contribution in [-0.2, 0) is 54.6 Å². The molecule has 376 valence electrons. The second kappa shape index (κ2) is 15.6. The lowest BCUT2D eigenvalue weighted by molar-refractivity contribution is -0.166. The number of hydrogen-bond acceptors (Lipinski definition) is 15. The molecule has 15 nitrogen and oxygen atoms in total. The van der Waals surface area contributed by atoms with Gasteiger partial charge >= 0.3 is 0 Å². The maximum absolute atomic E-state index is 12.5. The van der Waals surface area contributed by atoms with Crippen LogP contribution in [0.15, 0.2) is 60.7 Å². The molecule has 13 aliphatic rings. The van der Waals surface area contributed by atoms with Crippen molar-refractivity contribution in [1.82, 2.24) is 15.1 Å². The van der Waals surface area contributed by atoms with Gasteiger partial charge in [-0.1, -0.05) is 55.3 Å². The van der Waals surface area contributed by atoms with Gasteiger partial charge in [-0.15, -0.1) is 0 Å². The molecule has 13 atom stereocenters. The van der Waals surface area contributed by atoms with E-state index in [-0.39, 0.29) is 89.9 Å². The average Bonchev–Trinajstić information content (AvgIpc) is 4.01. The summed E-state index contributed by atoms with van der Waals surface area (Å²) in [6.07, 6.45) is 9.97. The molecule has 1 saturated carbocycles. The minimum atomic E-state index is -1.13. The average molecular weight is 964 g/mol. The minimum absolute atomic E-state index is 0. The van der Waals surface area contributed by atoms with Crippen molar-refractivity contribution in [3.05, 3.63) is 94.1 Å². The molecule has 1 unspecified atom stereocenters. The molecule has 3 aromatic rings. The van der Waals surface area contributed by atoms with Crippen molar-refractivity contribution in [3.8, 4) is 34.5 Å². The second-order valence-electron chi connectivity index (χ2n) is 20.7. The largest absolute Gasteiger partial charge is 0.504 e. The molecule has 70 heavy (non-hydrogen) atoms. The van der Waals surface area contributed by atoms with Gasteiger partial charge in [0.2, 0.25) is 0 Å². The molecule has 15 heteroatoms. The summed E-state index contributed by atoms with van der Waals surface area (Å²) < 4.78 is 24.1. The van der Waals surface area contributed by atoms with Gasteiger partial charge in [-0.25, -0.2) is 0 Å². The lowest BCUT2D eigenvalue weighted by atomic mass is 9.49. The van der Waals surface area contributed by atoms with Crippen molar-refractivity contribution >= 4 is 17.3 Å². The standard InChI is InChI=1S/C17H15NO4.C17H17NO4.C16H17NO4.5CH4/c19-10-2-1-9-7-12-17-4-3-11(20)15-16(17,13(9)14(10)22-15)5-6-18(12)8-21-17;1-18-7-6-16-13-9-2-3-10(19)14(13)22-15(16)11(20)4-5-17(16,21)12(18)8-9;18-9-2-1-8-7-11-16(20)4-3-10(19)14-15(16,5-6-17-11)12(8)13(9)21-14;;;;;/h1-4,12,15,19H,5-8H2;2-5,12,15,19,21H,6-8H2,1H3;1-2,11,14,17-18,20H,3-7H2;5*1H4/t2*12-,15+,16+,17-;11-,14+,15+,16-;;;;;/m111...../s1. The molecule has 5 fully saturated rings. The van der Waals surface area contributed by atoms with Crippen LogP contribution in [0.25, 0.3) is 0 Å². The van der Waals surface area contributed by atoms with Crippen LogP contribution in [0.3, 0.4) is 0 Å². The maximum Gasteiger partial charge on any atom is 0.196 e. The number of phenolic OH excluding ortho intramolecular Hbond substituents is 3. The summed E-state index contributed by atoms with van der Waals surface area (Å²) in [6, 6.07) is 10.8. The van der Waals surface area contributed by atoms with Crippen molar-refractivity contribution in [2.75, 3.05) is 33.4 Å². The number of rotatable bonds is 0. The van der Waals surface area contributed by atoms with Gasteiger partial charge in [0.25, 0.3) is 0 Å². The fourth-order valence-electron chi connectivity index (χ4n) is 15.9. The zero-order valence-electron chi connectivity index (χ0n) is 35.7. The Bertz CT molecular complexity index is 2820. The van der Waals surface area contributed by atoms with Crippen molar-refractivity contribution in [2.45, 2.75) is 158 Å². The Hall–Kier alpha value is -5.29. The molecule has 4 spiro atoms. The fraction of sp³-hybridized carbons (Fsp3) is 0.545. The quantitative estimate of drug-likeness (QED) is 0.176. The number of carbonyl (C=O) groups excluding carboxylic acids is 3. The number of nitrogens with one attached hydrogen (secondary N) is 1. The molecule has 3 aromatic carbocycles. The number of aliphatic hydroxyl groups is 2. The van der Waals surface area contributed by atoms with E-state index in [1.54, 1.807) is 30.4 Å². The van der Waals surface area contributed by atoms with Gasteiger partial charge in [-0.3, -0.25) is 24.2 Å². The Labute approximate surface area is 410 Å². The van der Waals surface area contributed by atoms with Gasteiger partial charge in [-0.05, 0) is 124 Å². The first-order chi connectivity index (χ1) is 31.2. The van der Waals surface area contributed by atoms with Crippen LogP contribution in [0.4, 0.5) is 0 Å². The van der Waals surface area contributed by atoms with Gasteiger partial charge in [0.15, 0.2) is 70.2 Å². The van der Waals surface area contributed by atoms with Crippen LogP contribution >= 0.6 is 0 Å². The Morgan fingerprint density at radius 2 is 1.14 bits per heavy atom. The summed E-state index contributed by atoms with van der Waals surface area (Å²) in [6.45, 7) is 3.06. The lowest BCUT2D eigenvalue weighted by Crippen LogP contribution is -2.76. The summed E-state index contributed by atoms with van der Waals surface area (Å²) in [4.78, 5) is 41.9. The summed E-state index contributed by atoms with van der Waals surface area (Å²) in [5.41, 5.74) is 1.60. The number of hydrogen-bond donors (Lipinski definition) is 6. The number of benzene rings is 3. The SMILES string of the molecule is C.C.C.C.C.CN1CC[C@]23c4c5ccc(O)c4O[C@H]2C(=O)C=C[C@@]3(O)[C@H]1C5.O=C1C=C[C@]23OCN4CC[C@@]25c2c(ccc(O)c2O[C@@H]15)C[C@@H]43.O=C1CC[C@@]2(O)[C@H]3Cc4ccc(O)c5c4[C@@]2(CCN3)[C@H]1O5. The van der Waals surface area contributed by atoms with E-state index >= 15 is 0 Å². The summed E-state index contributed by atoms with van der Waals surface area (Å²) >= 11 is 0. The predicted molar refractivity (Wildman–Crippen MR) is 261 cm³/mol. The Morgan fingerprint density at radius 1 is 0.614 bits per heavy atom. The molecule has 0 amide bonds. The van der Waals surface area contributed by atoms with Crippen LogP contribution < -0.4 is 19.5 Å². The second-order valence-corrected chi connectivity index (χ2v) is 20.7. The third-order valence-electron chi connectivity index (χ3n) is 18.6. The number of nitrogens with zero attached hydrogens (tertiary/aromatic N) is 2. The van der Waals surface area contributed by atoms with Gasteiger partial charge < -0.3 is 49.8 Å². The van der Waals surface area contributed by atoms with Crippen LogP contribution in [-0.4, -0.2) is 139 Å². The molecule has 6 aliphatic carbocycles. The highest BCUT2D eigenvalue weighted by molar-refractivity contribution is 6.00. The molecule has 7 aliphatic heterocycles. The monoisotopic (exact) mass is 963 g/mol. The van der Waals surface area contributed by atoms with Crippen molar-refractivity contribution < 1.29 is 58.9 Å². The summed E-state index contributed by atoms with van der Waals surface area (Å²) in [5, 5.41) is 57.0. The Balaban J connectivity index is 0.000000126. The number of likely N-dealkylation sites (tertiary alicyclic amines) is 1. The van der Waals surface area contributed by atoms with E-state index in [2.05, 4.69) is 15.1 Å². The van der Waals surface area contributed by atoms with Crippen LogP contribution in [0.1, 0.15) is 103 Å². The van der Waals surface area contributed by atoms with E-state index in [4.69, 9.17) is 18.9 Å². The first-order valence-corrected chi connectivity index (χ1v) is 23.1. The van der Waals surface area contributed by atoms with Crippen LogP contribution in [0.5, 0.6) is 34.5 Å². The molecule has 4 saturated heterocycles. The zero-order valence-corrected chi connectivity index (χ0v) is 35.7. The molecule has 16 rings (SSSR count). The van der Waals surface area contributed by atoms with E-state index in [0.29, 0.717) is 62.5 Å². The number of likely N-dealkylation sites (N-methyl/N-ethyl adjacent to an activating group) is 1. The highest BCUT2D eigenvalue weighted by atomic mass is 16.5. The first kappa shape index (κ1) is 49.7. The van der Waals surface area contributed by atoms with Gasteiger partial charge in [0, 0.05) is 47.8 Å². The number of Topliss-reactive ketones (excluding diaryl/α,β-unsaturated/α-hetero) is 1. The smallest absolute Gasteiger partial charge is 0.196 e. The first-order valence-electron chi connectivity index (χ1n) is 23.1. The van der Waals surface area contributed by atoms with Crippen LogP contribution in [0.2, 0.25) is 0 Å². The van der Waals surface area contributed by atoms with E-state index in [0.717, 1.165) is 60.3 Å². The van der Waals surface area contributed by atoms with Gasteiger partial charge in [0.1, 0.15) is 17.9 Å². The Morgan fingerprint density at radius 3 is 1.79 bits per heavy atom. The molecule has 0 radical (unpaired) electrons. The molecule has 7 heterocycles. The number of carbonyl (C=O) groups is 3. The number of phenols is 3. The number of ether oxygens (including phenoxy) is 4. The van der Waals surface area contributed by atoms with Gasteiger partial charge in [0.05, 0.1) is 21.8 Å². The number of ketones is 3. The van der Waals surface area contributed by atoms with Gasteiger partial charge in [-0.2, -0.15) is 0 Å². The highest BCUT2D eigenvalue weighted by Gasteiger charge is 2.76. The third-order valence-corrected chi connectivity index (χ3v) is 18.6. The highest BCUT2D eigenvalue weighted by Crippen LogP contribution is 2.68. The number of piperidine rings is 3. The topological polar surface area (TPSA) is 208 Å². The third kappa shape index (κ3) is 5.23. The molecule has 8 bridgehead atoms. The van der Waals surface area contributed by atoms with Crippen molar-refractivity contribution in [3.63, 3.8) is 0 Å². The lowest BCUT2D eigenvalue weighted by Gasteiger charge is -2.60. The van der Waals surface area contributed by atoms with E-state index in [1.807, 2.05) is 31.3 Å². The summed E-state index contributed by atoms with van der Waals surface area (Å²) in [7, 11) is 2.01. The number of aromatic hydroxyl groups is 3. The molecule has 0 aromatic heterocycles. The minimum Gasteiger partial charge on any atom is -0.504 e. The van der Waals surface area contributed by atoms with Crippen molar-refractivity contribution in [2.24, 2.45) is 0 Å². The molecular weight excluding hydrogens is 895 g/mol. The molecule has 6 N–H and O–H groups in total. The molecular formula is C55H69N3O12. The predicted octanol–water partition coefficient (Wildman–Crippen LogP) is 4.99. The zero-order chi connectivity index (χ0) is 44.4. The van der Waals surface area contributed by atoms with E-state index in [1.165, 1.54) is 11.6 Å². The van der Waals surface area contributed by atoms with Crippen LogP contribution in [0, 0.1) is 0 Å². The fourth-order valence-corrected chi connectivity index (χ4v) is 15.9. The van der Waals surface area contributed by atoms with E-state index in [9.17, 15) is 39.9 Å². The maximum atomic E-state index is 12.5. The summed E-state index contributed by atoms with van der Waals surface area (Å²) in [5.74, 6) is 1.47.